The zero-order chi connectivity index (χ0) is 39.8. The van der Waals surface area contributed by atoms with E-state index in [9.17, 15) is 24.0 Å². The van der Waals surface area contributed by atoms with E-state index in [1.807, 2.05) is 30.3 Å². The van der Waals surface area contributed by atoms with Gasteiger partial charge in [0, 0.05) is 89.2 Å². The summed E-state index contributed by atoms with van der Waals surface area (Å²) in [5, 5.41) is 9.59. The number of imide groups is 1. The topological polar surface area (TPSA) is 189 Å². The lowest BCUT2D eigenvalue weighted by Crippen LogP contribution is -2.49. The van der Waals surface area contributed by atoms with Crippen molar-refractivity contribution in [3.63, 3.8) is 0 Å². The molecule has 3 N–H and O–H groups in total. The number of anilines is 4. The summed E-state index contributed by atoms with van der Waals surface area (Å²) in [6.07, 6.45) is 4.00. The summed E-state index contributed by atoms with van der Waals surface area (Å²) in [5.41, 5.74) is 2.08. The number of likely N-dealkylation sites (N-methyl/N-ethyl adjacent to an activating group) is 1. The van der Waals surface area contributed by atoms with Crippen LogP contribution in [-0.4, -0.2) is 101 Å². The lowest BCUT2D eigenvalue weighted by molar-refractivity contribution is -0.137. The summed E-state index contributed by atoms with van der Waals surface area (Å²) in [4.78, 5) is 77.8. The third-order valence-corrected chi connectivity index (χ3v) is 11.3. The molecule has 5 aromatic rings. The number of piperazine rings is 1. The molecule has 0 saturated carbocycles. The highest BCUT2D eigenvalue weighted by atomic mass is 35.5. The number of aryl methyl sites for hydroxylation is 1. The summed E-state index contributed by atoms with van der Waals surface area (Å²) >= 11 is 6.55. The second-order valence-corrected chi connectivity index (χ2v) is 15.1. The molecule has 1 atom stereocenters. The number of ether oxygens (including phenoxy) is 1. The number of nitrogens with one attached hydrogen (secondary N) is 3. The Morgan fingerprint density at radius 3 is 2.51 bits per heavy atom. The molecule has 17 nitrogen and oxygen atoms in total. The Labute approximate surface area is 331 Å². The number of pyridine rings is 1. The summed E-state index contributed by atoms with van der Waals surface area (Å²) in [5.74, 6) is 0.478. The van der Waals surface area contributed by atoms with Gasteiger partial charge < -0.3 is 34.3 Å². The Kier molecular flexibility index (Phi) is 10.6. The minimum Gasteiger partial charge on any atom is -0.478 e. The first-order chi connectivity index (χ1) is 27.5. The molecule has 0 radical (unpaired) electrons. The highest BCUT2D eigenvalue weighted by Crippen LogP contribution is 2.30. The van der Waals surface area contributed by atoms with Crippen molar-refractivity contribution in [1.82, 2.24) is 34.8 Å². The van der Waals surface area contributed by atoms with Gasteiger partial charge in [-0.3, -0.25) is 34.2 Å². The van der Waals surface area contributed by atoms with Gasteiger partial charge in [0.25, 0.3) is 22.9 Å². The van der Waals surface area contributed by atoms with Gasteiger partial charge in [-0.1, -0.05) is 11.6 Å². The minimum absolute atomic E-state index is 0.0757. The number of carbonyl (C=O) groups excluding carboxylic acids is 3. The molecule has 0 aliphatic carbocycles. The van der Waals surface area contributed by atoms with Crippen LogP contribution in [-0.2, 0) is 21.4 Å². The average Bonchev–Trinajstić information content (AvgIpc) is 3.54. The van der Waals surface area contributed by atoms with Gasteiger partial charge >= 0.3 is 0 Å². The number of halogens is 1. The fraction of sp³-hybridized carbons (Fsp3) is 0.410. The van der Waals surface area contributed by atoms with Crippen LogP contribution in [0.2, 0.25) is 5.02 Å². The number of piperidine rings is 2. The first kappa shape index (κ1) is 38.0. The van der Waals surface area contributed by atoms with Crippen LogP contribution >= 0.6 is 11.6 Å². The van der Waals surface area contributed by atoms with E-state index in [1.165, 1.54) is 11.6 Å². The van der Waals surface area contributed by atoms with Gasteiger partial charge in [0.2, 0.25) is 11.9 Å². The Balaban J connectivity index is 0.849. The van der Waals surface area contributed by atoms with Crippen molar-refractivity contribution in [3.05, 3.63) is 74.4 Å². The van der Waals surface area contributed by atoms with Crippen LogP contribution in [0.25, 0.3) is 21.9 Å². The van der Waals surface area contributed by atoms with E-state index in [1.54, 1.807) is 25.4 Å². The molecule has 3 saturated heterocycles. The molecule has 18 heteroatoms. The standard InChI is InChI=1S/C39H43ClN10O7/c1-41-34(52)22-56-32-18-24-17-25(3-6-29(24)46(2)38(32)55)43-35-28(40)20-42-39(45-35)49-11-9-23(10-12-49)21-47-13-15-48(16-14-47)26-4-5-27-31(19-26)57-50(37(27)54)30-7-8-33(51)44-36(30)53/h3-6,17-20,23,30H,7-16,21-22H2,1-2H3,(H,41,52)(H,42,43,45)(H,44,51,53). The molecule has 3 amide bonds. The average molecular weight is 799 g/mol. The zero-order valence-electron chi connectivity index (χ0n) is 31.6. The van der Waals surface area contributed by atoms with Crippen LogP contribution in [0.3, 0.4) is 0 Å². The number of amides is 3. The Bertz CT molecular complexity index is 2480. The smallest absolute Gasteiger partial charge is 0.293 e. The number of fused-ring (bicyclic) bond motifs is 2. The number of aromatic nitrogens is 4. The molecule has 1 unspecified atom stereocenters. The molecule has 3 aliphatic heterocycles. The number of nitrogens with zero attached hydrogens (tertiary/aromatic N) is 7. The van der Waals surface area contributed by atoms with Gasteiger partial charge in [-0.2, -0.15) is 9.72 Å². The van der Waals surface area contributed by atoms with Crippen LogP contribution in [0, 0.1) is 5.92 Å². The number of carbonyl (C=O) groups is 3. The predicted octanol–water partition coefficient (Wildman–Crippen LogP) is 2.77. The van der Waals surface area contributed by atoms with Crippen molar-refractivity contribution >= 4 is 74.3 Å². The first-order valence-corrected chi connectivity index (χ1v) is 19.4. The van der Waals surface area contributed by atoms with Crippen molar-refractivity contribution in [3.8, 4) is 5.75 Å². The molecule has 298 valence electrons. The largest absolute Gasteiger partial charge is 0.478 e. The van der Waals surface area contributed by atoms with Gasteiger partial charge in [0.15, 0.2) is 23.8 Å². The van der Waals surface area contributed by atoms with E-state index in [0.29, 0.717) is 44.9 Å². The fourth-order valence-corrected chi connectivity index (χ4v) is 7.93. The van der Waals surface area contributed by atoms with Crippen LogP contribution in [0.4, 0.5) is 23.1 Å². The van der Waals surface area contributed by atoms with Crippen LogP contribution < -0.4 is 41.6 Å². The van der Waals surface area contributed by atoms with Gasteiger partial charge in [-0.05, 0) is 61.6 Å². The molecule has 0 bridgehead atoms. The number of hydrogen-bond donors (Lipinski definition) is 3. The fourth-order valence-electron chi connectivity index (χ4n) is 7.79. The molecule has 6 heterocycles. The van der Waals surface area contributed by atoms with E-state index < -0.39 is 11.9 Å². The Morgan fingerprint density at radius 1 is 0.965 bits per heavy atom. The van der Waals surface area contributed by atoms with Gasteiger partial charge in [0.1, 0.15) is 11.1 Å². The minimum atomic E-state index is -0.836. The normalized spacial score (nSPS) is 18.3. The zero-order valence-corrected chi connectivity index (χ0v) is 32.4. The van der Waals surface area contributed by atoms with E-state index >= 15 is 0 Å². The third-order valence-electron chi connectivity index (χ3n) is 11.1. The second kappa shape index (κ2) is 15.9. The first-order valence-electron chi connectivity index (χ1n) is 19.0. The molecular weight excluding hydrogens is 756 g/mol. The Morgan fingerprint density at radius 2 is 1.75 bits per heavy atom. The lowest BCUT2D eigenvalue weighted by Gasteiger charge is -2.39. The molecule has 0 spiro atoms. The van der Waals surface area contributed by atoms with Gasteiger partial charge in [-0.25, -0.2) is 4.98 Å². The maximum atomic E-state index is 13.0. The maximum absolute atomic E-state index is 13.0. The molecule has 8 rings (SSSR count). The van der Waals surface area contributed by atoms with E-state index in [4.69, 9.17) is 25.8 Å². The number of rotatable bonds is 10. The highest BCUT2D eigenvalue weighted by molar-refractivity contribution is 6.33. The second-order valence-electron chi connectivity index (χ2n) is 14.7. The van der Waals surface area contributed by atoms with E-state index in [-0.39, 0.29) is 48.1 Å². The van der Waals surface area contributed by atoms with Crippen LogP contribution in [0.1, 0.15) is 31.7 Å². The summed E-state index contributed by atoms with van der Waals surface area (Å²) < 4.78 is 13.9. The van der Waals surface area contributed by atoms with Gasteiger partial charge in [-0.15, -0.1) is 0 Å². The summed E-state index contributed by atoms with van der Waals surface area (Å²) in [6.45, 7) is 5.85. The predicted molar refractivity (Wildman–Crippen MR) is 215 cm³/mol. The highest BCUT2D eigenvalue weighted by Gasteiger charge is 2.32. The molecule has 3 aliphatic rings. The number of hydrogen-bond acceptors (Lipinski definition) is 13. The molecule has 57 heavy (non-hydrogen) atoms. The molecule has 3 fully saturated rings. The van der Waals surface area contributed by atoms with E-state index in [0.717, 1.165) is 74.5 Å². The maximum Gasteiger partial charge on any atom is 0.293 e. The van der Waals surface area contributed by atoms with Crippen molar-refractivity contribution in [2.45, 2.75) is 31.7 Å². The van der Waals surface area contributed by atoms with Crippen LogP contribution in [0.5, 0.6) is 5.75 Å². The summed E-state index contributed by atoms with van der Waals surface area (Å²) in [6, 6.07) is 11.9. The van der Waals surface area contributed by atoms with E-state index in [2.05, 4.69) is 35.6 Å². The van der Waals surface area contributed by atoms with Crippen molar-refractivity contribution in [1.29, 1.82) is 0 Å². The quantitative estimate of drug-likeness (QED) is 0.175. The SMILES string of the molecule is CNC(=O)COc1cc2cc(Nc3nc(N4CCC(CN5CCN(c6ccc7c(=O)n(C8CCC(=O)NC8=O)oc7c6)CC5)CC4)ncc3Cl)ccc2n(C)c1=O. The molecule has 3 aromatic heterocycles. The third kappa shape index (κ3) is 7.89. The van der Waals surface area contributed by atoms with Gasteiger partial charge in [0.05, 0.1) is 17.1 Å². The van der Waals surface area contributed by atoms with Crippen molar-refractivity contribution < 1.29 is 23.6 Å². The number of benzene rings is 2. The Hall–Kier alpha value is -5.94. The molecule has 2 aromatic carbocycles. The lowest BCUT2D eigenvalue weighted by atomic mass is 9.96. The van der Waals surface area contributed by atoms with Crippen molar-refractivity contribution in [2.24, 2.45) is 13.0 Å². The van der Waals surface area contributed by atoms with Crippen LogP contribution in [0.15, 0.2) is 62.8 Å². The molecular formula is C39H43ClN10O7. The summed E-state index contributed by atoms with van der Waals surface area (Å²) in [7, 11) is 3.16. The monoisotopic (exact) mass is 798 g/mol. The van der Waals surface area contributed by atoms with Crippen molar-refractivity contribution in [2.75, 3.05) is 74.6 Å².